The molecule has 0 aliphatic carbocycles. The second-order valence-electron chi connectivity index (χ2n) is 6.01. The van der Waals surface area contributed by atoms with Crippen LogP contribution in [-0.2, 0) is 9.53 Å². The SMILES string of the molecule is CCOC(=O)C(C)Sc1nnc(N2CCCCC2)n1-c1ccccc1. The maximum absolute atomic E-state index is 12.0. The normalized spacial score (nSPS) is 15.8. The predicted molar refractivity (Wildman–Crippen MR) is 99.4 cm³/mol. The summed E-state index contributed by atoms with van der Waals surface area (Å²) in [6, 6.07) is 10.1. The van der Waals surface area contributed by atoms with Crippen molar-refractivity contribution in [2.24, 2.45) is 0 Å². The molecule has 1 atom stereocenters. The average Bonchev–Trinajstić information content (AvgIpc) is 3.07. The highest BCUT2D eigenvalue weighted by Crippen LogP contribution is 2.30. The molecule has 3 rings (SSSR count). The number of esters is 1. The van der Waals surface area contributed by atoms with Crippen molar-refractivity contribution in [1.82, 2.24) is 14.8 Å². The van der Waals surface area contributed by atoms with E-state index in [-0.39, 0.29) is 11.2 Å². The molecule has 25 heavy (non-hydrogen) atoms. The van der Waals surface area contributed by atoms with E-state index in [0.29, 0.717) is 11.8 Å². The number of ether oxygens (including phenoxy) is 1. The zero-order valence-electron chi connectivity index (χ0n) is 14.7. The van der Waals surface area contributed by atoms with Crippen molar-refractivity contribution < 1.29 is 9.53 Å². The van der Waals surface area contributed by atoms with Crippen LogP contribution in [0, 0.1) is 0 Å². The lowest BCUT2D eigenvalue weighted by Crippen LogP contribution is -2.31. The van der Waals surface area contributed by atoms with Crippen molar-refractivity contribution in [1.29, 1.82) is 0 Å². The number of carbonyl (C=O) groups is 1. The number of nitrogens with zero attached hydrogens (tertiary/aromatic N) is 4. The summed E-state index contributed by atoms with van der Waals surface area (Å²) in [6.45, 7) is 6.02. The predicted octanol–water partition coefficient (Wildman–Crippen LogP) is 3.30. The first-order valence-electron chi connectivity index (χ1n) is 8.79. The van der Waals surface area contributed by atoms with Crippen molar-refractivity contribution in [2.45, 2.75) is 43.5 Å². The number of hydrogen-bond donors (Lipinski definition) is 0. The summed E-state index contributed by atoms with van der Waals surface area (Å²) >= 11 is 1.39. The molecule has 1 aliphatic rings. The highest BCUT2D eigenvalue weighted by Gasteiger charge is 2.25. The quantitative estimate of drug-likeness (QED) is 0.582. The van der Waals surface area contributed by atoms with Gasteiger partial charge >= 0.3 is 5.97 Å². The molecule has 0 N–H and O–H groups in total. The summed E-state index contributed by atoms with van der Waals surface area (Å²) in [7, 11) is 0. The van der Waals surface area contributed by atoms with Crippen LogP contribution in [0.15, 0.2) is 35.5 Å². The molecule has 1 aliphatic heterocycles. The number of hydrogen-bond acceptors (Lipinski definition) is 6. The van der Waals surface area contributed by atoms with Gasteiger partial charge in [0.15, 0.2) is 5.16 Å². The second kappa shape index (κ2) is 8.38. The number of carbonyl (C=O) groups excluding carboxylic acids is 1. The zero-order valence-corrected chi connectivity index (χ0v) is 15.5. The Hall–Kier alpha value is -2.02. The van der Waals surface area contributed by atoms with Crippen LogP contribution >= 0.6 is 11.8 Å². The van der Waals surface area contributed by atoms with Gasteiger partial charge in [-0.05, 0) is 45.2 Å². The topological polar surface area (TPSA) is 60.2 Å². The van der Waals surface area contributed by atoms with Gasteiger partial charge in [-0.1, -0.05) is 30.0 Å². The van der Waals surface area contributed by atoms with E-state index in [4.69, 9.17) is 4.74 Å². The van der Waals surface area contributed by atoms with Crippen LogP contribution in [0.25, 0.3) is 5.69 Å². The standard InChI is InChI=1S/C18H24N4O2S/c1-3-24-16(23)14(2)25-18-20-19-17(21-12-8-5-9-13-21)22(18)15-10-6-4-7-11-15/h4,6-7,10-11,14H,3,5,8-9,12-13H2,1-2H3. The van der Waals surface area contributed by atoms with Crippen LogP contribution in [0.2, 0.25) is 0 Å². The molecular weight excluding hydrogens is 336 g/mol. The summed E-state index contributed by atoms with van der Waals surface area (Å²) < 4.78 is 7.16. The Bertz CT molecular complexity index is 698. The van der Waals surface area contributed by atoms with Crippen molar-refractivity contribution in [3.05, 3.63) is 30.3 Å². The van der Waals surface area contributed by atoms with Crippen LogP contribution in [-0.4, -0.2) is 45.7 Å². The fourth-order valence-corrected chi connectivity index (χ4v) is 3.77. The number of benzene rings is 1. The van der Waals surface area contributed by atoms with Crippen LogP contribution in [0.5, 0.6) is 0 Å². The van der Waals surface area contributed by atoms with Crippen molar-refractivity contribution >= 4 is 23.7 Å². The third-order valence-corrected chi connectivity index (χ3v) is 5.19. The fourth-order valence-electron chi connectivity index (χ4n) is 2.91. The summed E-state index contributed by atoms with van der Waals surface area (Å²) in [4.78, 5) is 14.3. The highest BCUT2D eigenvalue weighted by atomic mass is 32.2. The number of thioether (sulfide) groups is 1. The van der Waals surface area contributed by atoms with E-state index in [9.17, 15) is 4.79 Å². The maximum atomic E-state index is 12.0. The Balaban J connectivity index is 1.92. The van der Waals surface area contributed by atoms with E-state index < -0.39 is 0 Å². The largest absolute Gasteiger partial charge is 0.465 e. The molecule has 6 nitrogen and oxygen atoms in total. The van der Waals surface area contributed by atoms with Gasteiger partial charge < -0.3 is 9.64 Å². The minimum absolute atomic E-state index is 0.227. The van der Waals surface area contributed by atoms with Crippen molar-refractivity contribution in [3.63, 3.8) is 0 Å². The molecule has 7 heteroatoms. The van der Waals surface area contributed by atoms with Gasteiger partial charge in [-0.25, -0.2) is 0 Å². The molecule has 1 aromatic heterocycles. The Kier molecular flexibility index (Phi) is 5.96. The molecule has 0 bridgehead atoms. The zero-order chi connectivity index (χ0) is 17.6. The van der Waals surface area contributed by atoms with Gasteiger partial charge in [-0.2, -0.15) is 0 Å². The maximum Gasteiger partial charge on any atom is 0.319 e. The second-order valence-corrected chi connectivity index (χ2v) is 7.32. The van der Waals surface area contributed by atoms with Gasteiger partial charge in [0.05, 0.1) is 12.3 Å². The molecule has 1 aromatic carbocycles. The number of para-hydroxylation sites is 1. The third kappa shape index (κ3) is 4.15. The monoisotopic (exact) mass is 360 g/mol. The molecule has 2 heterocycles. The first kappa shape index (κ1) is 17.8. The molecule has 134 valence electrons. The number of aromatic nitrogens is 3. The van der Waals surface area contributed by atoms with Crippen molar-refractivity contribution in [3.8, 4) is 5.69 Å². The van der Waals surface area contributed by atoms with Crippen LogP contribution < -0.4 is 4.90 Å². The summed E-state index contributed by atoms with van der Waals surface area (Å²) in [5.41, 5.74) is 1.01. The van der Waals surface area contributed by atoms with Crippen LogP contribution in [0.3, 0.4) is 0 Å². The Morgan fingerprint density at radius 1 is 1.20 bits per heavy atom. The number of rotatable bonds is 6. The molecule has 0 radical (unpaired) electrons. The van der Waals surface area contributed by atoms with Gasteiger partial charge in [-0.15, -0.1) is 10.2 Å². The Morgan fingerprint density at radius 2 is 1.92 bits per heavy atom. The van der Waals surface area contributed by atoms with Crippen molar-refractivity contribution in [2.75, 3.05) is 24.6 Å². The van der Waals surface area contributed by atoms with E-state index in [1.54, 1.807) is 0 Å². The molecule has 1 saturated heterocycles. The third-order valence-electron chi connectivity index (χ3n) is 4.17. The molecule has 2 aromatic rings. The van der Waals surface area contributed by atoms with Gasteiger partial charge in [-0.3, -0.25) is 9.36 Å². The van der Waals surface area contributed by atoms with E-state index >= 15 is 0 Å². The van der Waals surface area contributed by atoms with E-state index in [1.807, 2.05) is 48.7 Å². The lowest BCUT2D eigenvalue weighted by molar-refractivity contribution is -0.142. The molecule has 1 fully saturated rings. The Morgan fingerprint density at radius 3 is 2.60 bits per heavy atom. The summed E-state index contributed by atoms with van der Waals surface area (Å²) in [5.74, 6) is 0.624. The average molecular weight is 360 g/mol. The lowest BCUT2D eigenvalue weighted by atomic mass is 10.1. The molecule has 0 spiro atoms. The summed E-state index contributed by atoms with van der Waals surface area (Å²) in [6.07, 6.45) is 3.60. The highest BCUT2D eigenvalue weighted by molar-refractivity contribution is 8.00. The fraction of sp³-hybridized carbons (Fsp3) is 0.500. The van der Waals surface area contributed by atoms with Crippen LogP contribution in [0.4, 0.5) is 5.95 Å². The van der Waals surface area contributed by atoms with Gasteiger partial charge in [0.25, 0.3) is 0 Å². The summed E-state index contributed by atoms with van der Waals surface area (Å²) in [5, 5.41) is 9.20. The molecule has 0 saturated carbocycles. The van der Waals surface area contributed by atoms with E-state index in [1.165, 1.54) is 31.0 Å². The van der Waals surface area contributed by atoms with Gasteiger partial charge in [0.1, 0.15) is 5.25 Å². The molecule has 1 unspecified atom stereocenters. The van der Waals surface area contributed by atoms with E-state index in [0.717, 1.165) is 24.7 Å². The Labute approximate surface area is 152 Å². The van der Waals surface area contributed by atoms with Gasteiger partial charge in [0, 0.05) is 13.1 Å². The number of anilines is 1. The molecular formula is C18H24N4O2S. The number of piperidine rings is 1. The molecule has 0 amide bonds. The first-order chi connectivity index (χ1) is 12.2. The minimum Gasteiger partial charge on any atom is -0.465 e. The smallest absolute Gasteiger partial charge is 0.319 e. The van der Waals surface area contributed by atoms with E-state index in [2.05, 4.69) is 15.1 Å². The van der Waals surface area contributed by atoms with Crippen LogP contribution in [0.1, 0.15) is 33.1 Å². The first-order valence-corrected chi connectivity index (χ1v) is 9.67. The van der Waals surface area contributed by atoms with Gasteiger partial charge in [0.2, 0.25) is 5.95 Å². The minimum atomic E-state index is -0.333. The lowest BCUT2D eigenvalue weighted by Gasteiger charge is -2.27.